The second kappa shape index (κ2) is 5.90. The molecule has 0 radical (unpaired) electrons. The molecule has 11 heteroatoms. The van der Waals surface area contributed by atoms with E-state index in [9.17, 15) is 44.7 Å². The van der Waals surface area contributed by atoms with E-state index in [1.807, 2.05) is 0 Å². The summed E-state index contributed by atoms with van der Waals surface area (Å²) in [7, 11) is 0. The number of aliphatic hydroxyl groups excluding tert-OH is 3. The lowest BCUT2D eigenvalue weighted by atomic mass is 9.57. The van der Waals surface area contributed by atoms with Gasteiger partial charge in [0.15, 0.2) is 17.2 Å². The summed E-state index contributed by atoms with van der Waals surface area (Å²) < 4.78 is 0. The highest BCUT2D eigenvalue weighted by Gasteiger charge is 2.65. The predicted octanol–water partition coefficient (Wildman–Crippen LogP) is -1.38. The van der Waals surface area contributed by atoms with Crippen LogP contribution in [-0.2, 0) is 14.4 Å². The van der Waals surface area contributed by atoms with Crippen molar-refractivity contribution in [1.29, 1.82) is 0 Å². The number of fused-ring (bicyclic) bond motifs is 3. The zero-order valence-corrected chi connectivity index (χ0v) is 15.1. The maximum atomic E-state index is 13.2. The highest BCUT2D eigenvalue weighted by molar-refractivity contribution is 6.25. The number of carbonyl (C=O) groups is 4. The predicted molar refractivity (Wildman–Crippen MR) is 97.8 cm³/mol. The number of Topliss-reactive ketones (excluding diaryl/α,β-unsaturated/α-hetero) is 3. The van der Waals surface area contributed by atoms with Gasteiger partial charge in [0.2, 0.25) is 5.78 Å². The van der Waals surface area contributed by atoms with Crippen LogP contribution in [0.15, 0.2) is 29.0 Å². The molecule has 0 saturated heterocycles. The molecule has 11 nitrogen and oxygen atoms in total. The summed E-state index contributed by atoms with van der Waals surface area (Å²) in [5, 5.41) is 53.1. The van der Waals surface area contributed by atoms with Gasteiger partial charge in [-0.25, -0.2) is 0 Å². The van der Waals surface area contributed by atoms with Gasteiger partial charge in [0.1, 0.15) is 22.8 Å². The normalized spacial score (nSPS) is 30.7. The highest BCUT2D eigenvalue weighted by atomic mass is 16.4. The first-order valence-corrected chi connectivity index (χ1v) is 8.75. The number of phenols is 1. The monoisotopic (exact) mass is 416 g/mol. The molecule has 1 saturated carbocycles. The molecule has 0 aliphatic heterocycles. The van der Waals surface area contributed by atoms with Crippen molar-refractivity contribution in [3.8, 4) is 5.75 Å². The number of nitrogen functional groups attached to an aromatic ring is 1. The Kier molecular flexibility index (Phi) is 3.86. The van der Waals surface area contributed by atoms with E-state index < -0.39 is 87.2 Å². The van der Waals surface area contributed by atoms with E-state index in [4.69, 9.17) is 11.5 Å². The van der Waals surface area contributed by atoms with Crippen molar-refractivity contribution in [3.05, 3.63) is 40.2 Å². The number of anilines is 1. The SMILES string of the molecule is NC(=O)C1=C(O)[C@@]2(O)C(=O)C3=C(O)c4c(ccc(N)c4O)C(=O)[C@H]3[C@H](O)[C@H]2CC1=O. The standard InChI is InChI=1S/C19H16N2O9/c20-6-2-1-4-8(14(6)25)15(26)11-10(12(4)23)13(24)5-3-7(22)9(18(21)29)16(27)19(5,30)17(11)28/h1-2,5,10,13,24-27,30H,3,20H2,(H2,21,29)/t5-,10+,13-,19-/m1/s1. The van der Waals surface area contributed by atoms with Gasteiger partial charge in [-0.3, -0.25) is 19.2 Å². The van der Waals surface area contributed by atoms with E-state index in [-0.39, 0.29) is 11.3 Å². The third-order valence-electron chi connectivity index (χ3n) is 5.97. The van der Waals surface area contributed by atoms with Crippen LogP contribution in [-0.4, -0.2) is 60.5 Å². The van der Waals surface area contributed by atoms with Crippen LogP contribution in [0.4, 0.5) is 5.69 Å². The number of hydrogen-bond acceptors (Lipinski definition) is 10. The van der Waals surface area contributed by atoms with E-state index >= 15 is 0 Å². The number of carbonyl (C=O) groups excluding carboxylic acids is 4. The molecule has 9 N–H and O–H groups in total. The smallest absolute Gasteiger partial charge is 0.255 e. The molecule has 0 bridgehead atoms. The maximum Gasteiger partial charge on any atom is 0.255 e. The van der Waals surface area contributed by atoms with Gasteiger partial charge in [0.25, 0.3) is 5.91 Å². The Morgan fingerprint density at radius 2 is 1.77 bits per heavy atom. The minimum absolute atomic E-state index is 0.213. The van der Waals surface area contributed by atoms with Crippen molar-refractivity contribution in [2.45, 2.75) is 18.1 Å². The summed E-state index contributed by atoms with van der Waals surface area (Å²) in [4.78, 5) is 50.0. The molecule has 1 aromatic carbocycles. The van der Waals surface area contributed by atoms with Gasteiger partial charge in [0, 0.05) is 17.9 Å². The summed E-state index contributed by atoms with van der Waals surface area (Å²) >= 11 is 0. The summed E-state index contributed by atoms with van der Waals surface area (Å²) in [6, 6.07) is 2.38. The van der Waals surface area contributed by atoms with Crippen LogP contribution in [0.2, 0.25) is 0 Å². The second-order valence-electron chi connectivity index (χ2n) is 7.44. The zero-order valence-electron chi connectivity index (χ0n) is 15.1. The third-order valence-corrected chi connectivity index (χ3v) is 5.97. The van der Waals surface area contributed by atoms with Gasteiger partial charge in [-0.1, -0.05) is 0 Å². The average Bonchev–Trinajstić information content (AvgIpc) is 2.67. The van der Waals surface area contributed by atoms with Gasteiger partial charge in [0.05, 0.1) is 28.8 Å². The van der Waals surface area contributed by atoms with Crippen LogP contribution in [0.1, 0.15) is 22.3 Å². The van der Waals surface area contributed by atoms with E-state index in [0.29, 0.717) is 0 Å². The molecule has 3 aliphatic rings. The van der Waals surface area contributed by atoms with Gasteiger partial charge >= 0.3 is 0 Å². The van der Waals surface area contributed by atoms with Crippen molar-refractivity contribution in [2.75, 3.05) is 5.73 Å². The van der Waals surface area contributed by atoms with Crippen LogP contribution < -0.4 is 11.5 Å². The summed E-state index contributed by atoms with van der Waals surface area (Å²) in [5.41, 5.74) is 4.94. The summed E-state index contributed by atoms with van der Waals surface area (Å²) in [5.74, 6) is -11.1. The van der Waals surface area contributed by atoms with Crippen LogP contribution >= 0.6 is 0 Å². The molecule has 1 amide bonds. The minimum Gasteiger partial charge on any atom is -0.508 e. The Morgan fingerprint density at radius 1 is 1.13 bits per heavy atom. The molecule has 3 aliphatic carbocycles. The largest absolute Gasteiger partial charge is 0.508 e. The number of aliphatic hydroxyl groups is 4. The molecular weight excluding hydrogens is 400 g/mol. The van der Waals surface area contributed by atoms with E-state index in [2.05, 4.69) is 0 Å². The van der Waals surface area contributed by atoms with Crippen LogP contribution in [0.5, 0.6) is 5.75 Å². The Balaban J connectivity index is 2.04. The fourth-order valence-corrected chi connectivity index (χ4v) is 4.49. The van der Waals surface area contributed by atoms with Gasteiger partial charge < -0.3 is 37.0 Å². The van der Waals surface area contributed by atoms with E-state index in [1.165, 1.54) is 12.1 Å². The quantitative estimate of drug-likeness (QED) is 0.161. The van der Waals surface area contributed by atoms with Crippen molar-refractivity contribution in [1.82, 2.24) is 0 Å². The third kappa shape index (κ3) is 2.10. The fourth-order valence-electron chi connectivity index (χ4n) is 4.49. The zero-order chi connectivity index (χ0) is 22.3. The van der Waals surface area contributed by atoms with Crippen LogP contribution in [0, 0.1) is 11.8 Å². The van der Waals surface area contributed by atoms with Crippen molar-refractivity contribution in [2.24, 2.45) is 17.6 Å². The molecular formula is C19H16N2O9. The Bertz CT molecular complexity index is 1150. The maximum absolute atomic E-state index is 13.2. The number of primary amides is 1. The number of rotatable bonds is 1. The molecule has 0 aromatic heterocycles. The fraction of sp³-hybridized carbons (Fsp3) is 0.263. The molecule has 1 fully saturated rings. The lowest BCUT2D eigenvalue weighted by Crippen LogP contribution is -2.64. The average molecular weight is 416 g/mol. The van der Waals surface area contributed by atoms with E-state index in [1.54, 1.807) is 0 Å². The van der Waals surface area contributed by atoms with Crippen LogP contribution in [0.3, 0.4) is 0 Å². The molecule has 4 atom stereocenters. The molecule has 1 aromatic rings. The molecule has 0 heterocycles. The first-order chi connectivity index (χ1) is 13.9. The summed E-state index contributed by atoms with van der Waals surface area (Å²) in [6.45, 7) is 0. The number of ketones is 3. The topological polar surface area (TPSA) is 221 Å². The Hall–Kier alpha value is -3.70. The van der Waals surface area contributed by atoms with Gasteiger partial charge in [-0.05, 0) is 12.1 Å². The molecule has 30 heavy (non-hydrogen) atoms. The lowest BCUT2D eigenvalue weighted by molar-refractivity contribution is -0.158. The number of benzene rings is 1. The number of aromatic hydroxyl groups is 1. The van der Waals surface area contributed by atoms with Crippen molar-refractivity contribution < 1.29 is 44.7 Å². The van der Waals surface area contributed by atoms with Crippen LogP contribution in [0.25, 0.3) is 5.76 Å². The Morgan fingerprint density at radius 3 is 2.37 bits per heavy atom. The van der Waals surface area contributed by atoms with Gasteiger partial charge in [-0.15, -0.1) is 0 Å². The molecule has 0 unspecified atom stereocenters. The minimum atomic E-state index is -2.99. The highest BCUT2D eigenvalue weighted by Crippen LogP contribution is 2.52. The Labute approximate surface area is 167 Å². The summed E-state index contributed by atoms with van der Waals surface area (Å²) in [6.07, 6.45) is -2.66. The number of amides is 1. The van der Waals surface area contributed by atoms with Crippen molar-refractivity contribution >= 4 is 34.7 Å². The number of phenolic OH excluding ortho intramolecular Hbond substituents is 1. The van der Waals surface area contributed by atoms with Crippen molar-refractivity contribution in [3.63, 3.8) is 0 Å². The first kappa shape index (κ1) is 19.6. The molecule has 156 valence electrons. The number of nitrogens with two attached hydrogens (primary N) is 2. The lowest BCUT2D eigenvalue weighted by Gasteiger charge is -2.48. The second-order valence-corrected chi connectivity index (χ2v) is 7.44. The first-order valence-electron chi connectivity index (χ1n) is 8.75. The van der Waals surface area contributed by atoms with Gasteiger partial charge in [-0.2, -0.15) is 0 Å². The van der Waals surface area contributed by atoms with E-state index in [0.717, 1.165) is 0 Å². The molecule has 0 spiro atoms. The molecule has 4 rings (SSSR count). The number of hydrogen-bond donors (Lipinski definition) is 7.